The molecular weight excluding hydrogens is 195 g/mol. The molecule has 1 aliphatic carbocycles. The van der Waals surface area contributed by atoms with Crippen LogP contribution in [0.4, 0.5) is 4.39 Å². The summed E-state index contributed by atoms with van der Waals surface area (Å²) in [7, 11) is 1.56. The fourth-order valence-corrected chi connectivity index (χ4v) is 2.24. The zero-order valence-electron chi connectivity index (χ0n) is 8.96. The Balaban J connectivity index is 2.46. The molecular formula is C12H15FO2. The molecule has 82 valence electrons. The van der Waals surface area contributed by atoms with E-state index in [0.29, 0.717) is 11.7 Å². The Bertz CT molecular complexity index is 374. The molecule has 0 aliphatic heterocycles. The quantitative estimate of drug-likeness (QED) is 0.827. The summed E-state index contributed by atoms with van der Waals surface area (Å²) >= 11 is 0. The first-order valence-corrected chi connectivity index (χ1v) is 5.09. The number of rotatable bonds is 3. The van der Waals surface area contributed by atoms with Crippen molar-refractivity contribution < 1.29 is 14.2 Å². The highest BCUT2D eigenvalue weighted by Crippen LogP contribution is 2.56. The van der Waals surface area contributed by atoms with Crippen molar-refractivity contribution in [2.24, 2.45) is 5.92 Å². The molecule has 0 aromatic heterocycles. The Morgan fingerprint density at radius 2 is 2.27 bits per heavy atom. The predicted molar refractivity (Wildman–Crippen MR) is 55.5 cm³/mol. The predicted octanol–water partition coefficient (Wildman–Crippen LogP) is 2.10. The third-order valence-electron chi connectivity index (χ3n) is 3.43. The van der Waals surface area contributed by atoms with Crippen LogP contribution in [-0.2, 0) is 5.41 Å². The van der Waals surface area contributed by atoms with Crippen LogP contribution in [0.2, 0.25) is 0 Å². The molecule has 1 fully saturated rings. The Labute approximate surface area is 88.7 Å². The zero-order valence-corrected chi connectivity index (χ0v) is 8.96. The maximum absolute atomic E-state index is 13.2. The highest BCUT2D eigenvalue weighted by Gasteiger charge is 2.53. The molecule has 1 aromatic carbocycles. The minimum atomic E-state index is -0.284. The van der Waals surface area contributed by atoms with Gasteiger partial charge in [-0.3, -0.25) is 0 Å². The molecule has 0 saturated heterocycles. The third kappa shape index (κ3) is 1.51. The molecule has 0 spiro atoms. The highest BCUT2D eigenvalue weighted by atomic mass is 19.1. The summed E-state index contributed by atoms with van der Waals surface area (Å²) in [5.74, 6) is 0.769. The minimum Gasteiger partial charge on any atom is -0.496 e. The molecule has 1 aliphatic rings. The van der Waals surface area contributed by atoms with Gasteiger partial charge < -0.3 is 9.84 Å². The fraction of sp³-hybridized carbons (Fsp3) is 0.500. The van der Waals surface area contributed by atoms with Gasteiger partial charge in [-0.1, -0.05) is 6.92 Å². The van der Waals surface area contributed by atoms with Gasteiger partial charge in [0.25, 0.3) is 0 Å². The number of aliphatic hydroxyl groups excluding tert-OH is 1. The molecule has 1 saturated carbocycles. The van der Waals surface area contributed by atoms with Crippen molar-refractivity contribution in [1.29, 1.82) is 0 Å². The standard InChI is InChI=1S/C12H15FO2/c1-8-6-12(8,7-14)10-5-9(13)3-4-11(10)15-2/h3-5,8,14H,6-7H2,1-2H3. The molecule has 2 nitrogen and oxygen atoms in total. The van der Waals surface area contributed by atoms with E-state index < -0.39 is 0 Å². The lowest BCUT2D eigenvalue weighted by Gasteiger charge is -2.17. The van der Waals surface area contributed by atoms with E-state index in [1.807, 2.05) is 0 Å². The van der Waals surface area contributed by atoms with Crippen LogP contribution in [0, 0.1) is 11.7 Å². The number of benzene rings is 1. The van der Waals surface area contributed by atoms with Gasteiger partial charge in [0.05, 0.1) is 13.7 Å². The van der Waals surface area contributed by atoms with E-state index in [2.05, 4.69) is 6.92 Å². The van der Waals surface area contributed by atoms with E-state index in [1.54, 1.807) is 13.2 Å². The normalized spacial score (nSPS) is 28.9. The lowest BCUT2D eigenvalue weighted by Crippen LogP contribution is -2.16. The van der Waals surface area contributed by atoms with Gasteiger partial charge in [-0.05, 0) is 30.5 Å². The first-order valence-electron chi connectivity index (χ1n) is 5.09. The van der Waals surface area contributed by atoms with Crippen molar-refractivity contribution in [1.82, 2.24) is 0 Å². The fourth-order valence-electron chi connectivity index (χ4n) is 2.24. The van der Waals surface area contributed by atoms with Gasteiger partial charge in [-0.2, -0.15) is 0 Å². The number of ether oxygens (including phenoxy) is 1. The van der Waals surface area contributed by atoms with Gasteiger partial charge in [0, 0.05) is 11.0 Å². The topological polar surface area (TPSA) is 29.5 Å². The van der Waals surface area contributed by atoms with Crippen LogP contribution >= 0.6 is 0 Å². The van der Waals surface area contributed by atoms with Crippen molar-refractivity contribution in [3.05, 3.63) is 29.6 Å². The molecule has 0 heterocycles. The molecule has 2 atom stereocenters. The van der Waals surface area contributed by atoms with Crippen molar-refractivity contribution >= 4 is 0 Å². The van der Waals surface area contributed by atoms with E-state index in [9.17, 15) is 9.50 Å². The van der Waals surface area contributed by atoms with Gasteiger partial charge in [0.2, 0.25) is 0 Å². The average Bonchev–Trinajstić information content (AvgIpc) is 2.91. The molecule has 0 bridgehead atoms. The lowest BCUT2D eigenvalue weighted by molar-refractivity contribution is 0.243. The van der Waals surface area contributed by atoms with Gasteiger partial charge in [-0.15, -0.1) is 0 Å². The number of hydrogen-bond donors (Lipinski definition) is 1. The number of aliphatic hydroxyl groups is 1. The number of hydrogen-bond acceptors (Lipinski definition) is 2. The number of methoxy groups -OCH3 is 1. The summed E-state index contributed by atoms with van der Waals surface area (Å²) in [5, 5.41) is 9.41. The molecule has 15 heavy (non-hydrogen) atoms. The largest absolute Gasteiger partial charge is 0.496 e. The van der Waals surface area contributed by atoms with Crippen molar-refractivity contribution in [2.45, 2.75) is 18.8 Å². The van der Waals surface area contributed by atoms with E-state index >= 15 is 0 Å². The summed E-state index contributed by atoms with van der Waals surface area (Å²) in [6.07, 6.45) is 0.892. The van der Waals surface area contributed by atoms with Gasteiger partial charge in [0.15, 0.2) is 0 Å². The summed E-state index contributed by atoms with van der Waals surface area (Å²) in [6, 6.07) is 4.46. The second-order valence-corrected chi connectivity index (χ2v) is 4.26. The summed E-state index contributed by atoms with van der Waals surface area (Å²) in [4.78, 5) is 0. The Kier molecular flexibility index (Phi) is 2.43. The summed E-state index contributed by atoms with van der Waals surface area (Å²) in [5.41, 5.74) is 0.507. The zero-order chi connectivity index (χ0) is 11.1. The maximum Gasteiger partial charge on any atom is 0.123 e. The van der Waals surface area contributed by atoms with Crippen LogP contribution in [0.5, 0.6) is 5.75 Å². The monoisotopic (exact) mass is 210 g/mol. The van der Waals surface area contributed by atoms with Gasteiger partial charge in [-0.25, -0.2) is 4.39 Å². The van der Waals surface area contributed by atoms with Crippen molar-refractivity contribution in [3.63, 3.8) is 0 Å². The second kappa shape index (κ2) is 3.49. The molecule has 1 N–H and O–H groups in total. The highest BCUT2D eigenvalue weighted by molar-refractivity contribution is 5.44. The molecule has 3 heteroatoms. The molecule has 2 rings (SSSR count). The second-order valence-electron chi connectivity index (χ2n) is 4.26. The van der Waals surface area contributed by atoms with Crippen LogP contribution in [0.25, 0.3) is 0 Å². The summed E-state index contributed by atoms with van der Waals surface area (Å²) < 4.78 is 18.4. The van der Waals surface area contributed by atoms with E-state index in [-0.39, 0.29) is 17.8 Å². The van der Waals surface area contributed by atoms with Crippen molar-refractivity contribution in [3.8, 4) is 5.75 Å². The first kappa shape index (κ1) is 10.4. The van der Waals surface area contributed by atoms with Crippen LogP contribution in [0.3, 0.4) is 0 Å². The lowest BCUT2D eigenvalue weighted by atomic mass is 9.93. The van der Waals surface area contributed by atoms with E-state index in [0.717, 1.165) is 12.0 Å². The molecule has 0 radical (unpaired) electrons. The first-order chi connectivity index (χ1) is 7.14. The molecule has 2 unspecified atom stereocenters. The Morgan fingerprint density at radius 3 is 2.73 bits per heavy atom. The van der Waals surface area contributed by atoms with Crippen LogP contribution in [0.1, 0.15) is 18.9 Å². The van der Waals surface area contributed by atoms with E-state index in [1.165, 1.54) is 12.1 Å². The van der Waals surface area contributed by atoms with Crippen LogP contribution < -0.4 is 4.74 Å². The summed E-state index contributed by atoms with van der Waals surface area (Å²) in [6.45, 7) is 2.11. The van der Waals surface area contributed by atoms with Crippen molar-refractivity contribution in [2.75, 3.05) is 13.7 Å². The van der Waals surface area contributed by atoms with Crippen LogP contribution in [-0.4, -0.2) is 18.8 Å². The smallest absolute Gasteiger partial charge is 0.123 e. The minimum absolute atomic E-state index is 0.0496. The van der Waals surface area contributed by atoms with E-state index in [4.69, 9.17) is 4.74 Å². The van der Waals surface area contributed by atoms with Gasteiger partial charge >= 0.3 is 0 Å². The Hall–Kier alpha value is -1.09. The SMILES string of the molecule is COc1ccc(F)cc1C1(CO)CC1C. The average molecular weight is 210 g/mol. The molecule has 1 aromatic rings. The Morgan fingerprint density at radius 1 is 1.60 bits per heavy atom. The molecule has 0 amide bonds. The third-order valence-corrected chi connectivity index (χ3v) is 3.43. The maximum atomic E-state index is 13.2. The number of halogens is 1. The van der Waals surface area contributed by atoms with Gasteiger partial charge in [0.1, 0.15) is 11.6 Å². The van der Waals surface area contributed by atoms with Crippen LogP contribution in [0.15, 0.2) is 18.2 Å².